The average molecular weight is 373 g/mol. The molecule has 1 aliphatic rings. The van der Waals surface area contributed by atoms with Gasteiger partial charge in [-0.15, -0.1) is 6.08 Å². The first-order chi connectivity index (χ1) is 6.43. The molecule has 0 saturated heterocycles. The van der Waals surface area contributed by atoms with Crippen LogP contribution in [0.1, 0.15) is 27.7 Å². The van der Waals surface area contributed by atoms with Gasteiger partial charge in [0.25, 0.3) is 8.03 Å². The van der Waals surface area contributed by atoms with Crippen molar-refractivity contribution in [2.45, 2.75) is 27.7 Å². The molecule has 2 atom stereocenters. The first kappa shape index (κ1) is 23.1. The molecule has 1 radical (unpaired) electrons. The summed E-state index contributed by atoms with van der Waals surface area (Å²) < 4.78 is 11.0. The van der Waals surface area contributed by atoms with Crippen molar-refractivity contribution in [3.05, 3.63) is 23.0 Å². The summed E-state index contributed by atoms with van der Waals surface area (Å²) in [4.78, 5) is 11.0. The van der Waals surface area contributed by atoms with Crippen LogP contribution in [0.5, 0.6) is 0 Å². The van der Waals surface area contributed by atoms with Crippen LogP contribution in [-0.4, -0.2) is 0 Å². The molecule has 0 heterocycles. The topological polar surface area (TPSA) is 40.1 Å². The van der Waals surface area contributed by atoms with Gasteiger partial charge in [-0.2, -0.15) is 5.57 Å². The van der Waals surface area contributed by atoms with Crippen molar-refractivity contribution in [2.75, 3.05) is 0 Å². The fourth-order valence-corrected chi connectivity index (χ4v) is 2.34. The molecular weight excluding hydrogens is 357 g/mol. The predicted octanol–water partition coefficient (Wildman–Crippen LogP) is -3.35. The second-order valence-corrected chi connectivity index (χ2v) is 5.29. The number of hydrogen-bond acceptors (Lipinski definition) is 2. The third-order valence-corrected chi connectivity index (χ3v) is 3.21. The first-order valence-electron chi connectivity index (χ1n) is 4.93. The van der Waals surface area contributed by atoms with Crippen LogP contribution in [0.3, 0.4) is 0 Å². The van der Waals surface area contributed by atoms with Crippen molar-refractivity contribution in [1.82, 2.24) is 0 Å². The van der Waals surface area contributed by atoms with Crippen molar-refractivity contribution in [1.29, 1.82) is 0 Å². The quantitative estimate of drug-likeness (QED) is 0.383. The van der Waals surface area contributed by atoms with Crippen molar-refractivity contribution in [2.24, 2.45) is 17.8 Å². The molecule has 2 nitrogen and oxygen atoms in total. The van der Waals surface area contributed by atoms with Crippen molar-refractivity contribution >= 4 is 8.03 Å². The van der Waals surface area contributed by atoms with E-state index in [9.17, 15) is 9.46 Å². The van der Waals surface area contributed by atoms with Crippen molar-refractivity contribution in [3.63, 3.8) is 0 Å². The maximum Gasteiger partial charge on any atom is 3.00 e. The molecule has 6 heteroatoms. The molecule has 0 aliphatic heterocycles. The van der Waals surface area contributed by atoms with Gasteiger partial charge in [0.15, 0.2) is 0 Å². The molecule has 17 heavy (non-hydrogen) atoms. The maximum absolute atomic E-state index is 11.0. The van der Waals surface area contributed by atoms with Gasteiger partial charge in [0.05, 0.1) is 0 Å². The summed E-state index contributed by atoms with van der Waals surface area (Å²) in [7, 11) is -2.46. The summed E-state index contributed by atoms with van der Waals surface area (Å²) in [5, 5.41) is 0.480. The van der Waals surface area contributed by atoms with Gasteiger partial charge in [0, 0.05) is 5.31 Å². The van der Waals surface area contributed by atoms with Crippen LogP contribution in [-0.2, 0) is 30.8 Å². The van der Waals surface area contributed by atoms with Gasteiger partial charge < -0.3 is 29.7 Å². The number of rotatable bonds is 3. The standard InChI is InChI=1S/C11H16O2P.2ClH.Zr/c1-7(2)9-5-10(8(3)4)11(6-9)14(12)13;;;/h6-9H,1-4H3;2*1H;/q-1;;;+3/p-2. The number of allylic oxidation sites excluding steroid dienone is 4. The largest absolute Gasteiger partial charge is 3.00 e. The molecule has 0 aromatic rings. The second kappa shape index (κ2) is 9.87. The Bertz CT molecular complexity index is 315. The minimum absolute atomic E-state index is 0. The Hall–Kier alpha value is 1.00. The van der Waals surface area contributed by atoms with E-state index in [0.717, 1.165) is 5.57 Å². The van der Waals surface area contributed by atoms with Crippen LogP contribution in [0.15, 0.2) is 17.0 Å². The number of halogens is 2. The third kappa shape index (κ3) is 6.12. The Labute approximate surface area is 136 Å². The van der Waals surface area contributed by atoms with E-state index >= 15 is 0 Å². The van der Waals surface area contributed by atoms with Gasteiger partial charge in [-0.1, -0.05) is 50.0 Å². The normalized spacial score (nSPS) is 18.8. The molecule has 95 valence electrons. The molecule has 0 amide bonds. The molecule has 0 aromatic heterocycles. The third-order valence-electron chi connectivity index (χ3n) is 2.43. The first-order valence-corrected chi connectivity index (χ1v) is 6.11. The van der Waals surface area contributed by atoms with E-state index in [1.165, 1.54) is 0 Å². The zero-order chi connectivity index (χ0) is 10.9. The fourth-order valence-electron chi connectivity index (χ4n) is 1.54. The molecule has 0 saturated carbocycles. The molecular formula is C11H16Cl2O2PZr. The van der Waals surface area contributed by atoms with Crippen molar-refractivity contribution in [3.8, 4) is 0 Å². The smallest absolute Gasteiger partial charge is 1.00 e. The SMILES string of the molecule is CC(C)C1=[C-]C(C(C)C)C=C1[P+](=O)[O-].[Cl-].[Cl-].[Zr+3]. The summed E-state index contributed by atoms with van der Waals surface area (Å²) in [6.45, 7) is 8.15. The van der Waals surface area contributed by atoms with E-state index in [2.05, 4.69) is 19.9 Å². The second-order valence-electron chi connectivity index (χ2n) is 4.29. The summed E-state index contributed by atoms with van der Waals surface area (Å²) in [6, 6.07) is 0. The molecule has 1 aliphatic carbocycles. The molecule has 0 fully saturated rings. The van der Waals surface area contributed by atoms with Crippen LogP contribution < -0.4 is 29.7 Å². The van der Waals surface area contributed by atoms with Crippen molar-refractivity contribution < 1.29 is 60.5 Å². The van der Waals surface area contributed by atoms with Gasteiger partial charge >= 0.3 is 26.2 Å². The zero-order valence-corrected chi connectivity index (χ0v) is 15.2. The summed E-state index contributed by atoms with van der Waals surface area (Å²) in [5.41, 5.74) is 0.861. The van der Waals surface area contributed by atoms with Gasteiger partial charge in [-0.3, -0.25) is 6.08 Å². The van der Waals surface area contributed by atoms with Crippen LogP contribution in [0, 0.1) is 23.8 Å². The Morgan fingerprint density at radius 2 is 1.76 bits per heavy atom. The van der Waals surface area contributed by atoms with Gasteiger partial charge in [-0.05, 0) is 0 Å². The van der Waals surface area contributed by atoms with Crippen LogP contribution in [0.2, 0.25) is 0 Å². The fraction of sp³-hybridized carbons (Fsp3) is 0.636. The van der Waals surface area contributed by atoms with E-state index in [0.29, 0.717) is 11.2 Å². The monoisotopic (exact) mass is 371 g/mol. The average Bonchev–Trinajstić information content (AvgIpc) is 2.47. The summed E-state index contributed by atoms with van der Waals surface area (Å²) in [5.74, 6) is 0.810. The maximum atomic E-state index is 11.0. The van der Waals surface area contributed by atoms with Crippen LogP contribution >= 0.6 is 8.03 Å². The molecule has 0 bridgehead atoms. The zero-order valence-electron chi connectivity index (χ0n) is 10.3. The van der Waals surface area contributed by atoms with Gasteiger partial charge in [0.1, 0.15) is 0 Å². The van der Waals surface area contributed by atoms with Crippen LogP contribution in [0.4, 0.5) is 0 Å². The molecule has 0 N–H and O–H groups in total. The van der Waals surface area contributed by atoms with E-state index < -0.39 is 8.03 Å². The molecule has 0 spiro atoms. The van der Waals surface area contributed by atoms with Crippen LogP contribution in [0.25, 0.3) is 0 Å². The van der Waals surface area contributed by atoms with E-state index in [4.69, 9.17) is 0 Å². The Morgan fingerprint density at radius 3 is 2.00 bits per heavy atom. The molecule has 0 aromatic carbocycles. The van der Waals surface area contributed by atoms with E-state index in [-0.39, 0.29) is 62.9 Å². The summed E-state index contributed by atoms with van der Waals surface area (Å²) >= 11 is 0. The Kier molecular flexibility index (Phi) is 13.4. The minimum atomic E-state index is -2.46. The Morgan fingerprint density at radius 1 is 1.29 bits per heavy atom. The van der Waals surface area contributed by atoms with E-state index in [1.54, 1.807) is 0 Å². The van der Waals surface area contributed by atoms with E-state index in [1.807, 2.05) is 19.9 Å². The molecule has 1 rings (SSSR count). The summed E-state index contributed by atoms with van der Waals surface area (Å²) in [6.07, 6.45) is 5.09. The Balaban J connectivity index is -0.000000653. The van der Waals surface area contributed by atoms with Gasteiger partial charge in [0.2, 0.25) is 0 Å². The predicted molar refractivity (Wildman–Crippen MR) is 55.6 cm³/mol. The molecule has 2 unspecified atom stereocenters. The minimum Gasteiger partial charge on any atom is -1.00 e. The number of hydrogen-bond donors (Lipinski definition) is 0. The van der Waals surface area contributed by atoms with Gasteiger partial charge in [-0.25, -0.2) is 0 Å².